The van der Waals surface area contributed by atoms with Crippen molar-refractivity contribution in [2.75, 3.05) is 19.6 Å². The van der Waals surface area contributed by atoms with Gasteiger partial charge in [-0.15, -0.1) is 0 Å². The zero-order valence-electron chi connectivity index (χ0n) is 25.9. The van der Waals surface area contributed by atoms with E-state index in [1.54, 1.807) is 48.5 Å². The number of amides is 2. The maximum Gasteiger partial charge on any atom is 0.475 e. The first-order valence-electron chi connectivity index (χ1n) is 15.3. The molecule has 47 heavy (non-hydrogen) atoms. The van der Waals surface area contributed by atoms with Crippen molar-refractivity contribution in [3.63, 3.8) is 0 Å². The van der Waals surface area contributed by atoms with E-state index in [0.29, 0.717) is 51.5 Å². The SMILES string of the molecule is N=C(N)NCCCC(NC(=O)C1(C(=O)NC2CCN(S(=O)(=O)c3ccccc3)CC2)CCCC1)B(O)O.O=S(=O)(O)c1ccccc1. The highest BCUT2D eigenvalue weighted by Crippen LogP contribution is 2.39. The normalized spacial score (nSPS) is 17.4. The van der Waals surface area contributed by atoms with Crippen LogP contribution in [0.5, 0.6) is 0 Å². The molecule has 0 radical (unpaired) electrons. The zero-order chi connectivity index (χ0) is 34.7. The number of rotatable bonds is 12. The number of nitrogens with one attached hydrogen (secondary N) is 4. The molecule has 1 saturated heterocycles. The van der Waals surface area contributed by atoms with Crippen molar-refractivity contribution in [2.24, 2.45) is 11.1 Å². The number of guanidine groups is 1. The summed E-state index contributed by atoms with van der Waals surface area (Å²) < 4.78 is 56.4. The van der Waals surface area contributed by atoms with Crippen LogP contribution in [0.2, 0.25) is 0 Å². The van der Waals surface area contributed by atoms with Gasteiger partial charge < -0.3 is 31.7 Å². The van der Waals surface area contributed by atoms with Crippen LogP contribution in [0.3, 0.4) is 0 Å². The summed E-state index contributed by atoms with van der Waals surface area (Å²) in [5, 5.41) is 34.9. The molecule has 4 rings (SSSR count). The molecule has 2 aliphatic rings. The quantitative estimate of drug-likeness (QED) is 0.0372. The minimum Gasteiger partial charge on any atom is -0.426 e. The Morgan fingerprint density at radius 2 is 1.47 bits per heavy atom. The summed E-state index contributed by atoms with van der Waals surface area (Å²) in [6, 6.07) is 15.4. The van der Waals surface area contributed by atoms with Gasteiger partial charge in [0, 0.05) is 25.7 Å². The third kappa shape index (κ3) is 10.7. The van der Waals surface area contributed by atoms with E-state index in [9.17, 15) is 36.5 Å². The monoisotopic (exact) mass is 694 g/mol. The molecule has 1 saturated carbocycles. The maximum absolute atomic E-state index is 13.4. The van der Waals surface area contributed by atoms with E-state index < -0.39 is 50.4 Å². The summed E-state index contributed by atoms with van der Waals surface area (Å²) in [7, 11) is -9.41. The third-order valence-corrected chi connectivity index (χ3v) is 11.0. The number of carbonyl (C=O) groups is 2. The molecule has 2 aromatic carbocycles. The first-order chi connectivity index (χ1) is 22.2. The van der Waals surface area contributed by atoms with Gasteiger partial charge in [0.15, 0.2) is 5.96 Å². The first-order valence-corrected chi connectivity index (χ1v) is 18.2. The van der Waals surface area contributed by atoms with Crippen LogP contribution in [0, 0.1) is 10.8 Å². The Labute approximate surface area is 275 Å². The van der Waals surface area contributed by atoms with Crippen molar-refractivity contribution in [3.8, 4) is 0 Å². The molecule has 258 valence electrons. The Kier molecular flexibility index (Phi) is 13.7. The highest BCUT2D eigenvalue weighted by Gasteiger charge is 2.49. The van der Waals surface area contributed by atoms with Crippen LogP contribution in [0.1, 0.15) is 51.4 Å². The second-order valence-corrected chi connectivity index (χ2v) is 14.9. The number of hydrogen-bond donors (Lipinski definition) is 8. The molecule has 1 aliphatic heterocycles. The Morgan fingerprint density at radius 1 is 0.936 bits per heavy atom. The second kappa shape index (κ2) is 17.0. The summed E-state index contributed by atoms with van der Waals surface area (Å²) in [6.45, 7) is 0.849. The smallest absolute Gasteiger partial charge is 0.426 e. The fraction of sp³-hybridized carbons (Fsp3) is 0.483. The molecule has 1 unspecified atom stereocenters. The van der Waals surface area contributed by atoms with Crippen molar-refractivity contribution in [2.45, 2.75) is 73.1 Å². The van der Waals surface area contributed by atoms with Crippen LogP contribution >= 0.6 is 0 Å². The van der Waals surface area contributed by atoms with Crippen LogP contribution in [0.25, 0.3) is 0 Å². The summed E-state index contributed by atoms with van der Waals surface area (Å²) in [6.07, 6.45) is 3.60. The van der Waals surface area contributed by atoms with Gasteiger partial charge in [0.2, 0.25) is 21.8 Å². The maximum atomic E-state index is 13.4. The van der Waals surface area contributed by atoms with Gasteiger partial charge in [-0.3, -0.25) is 19.6 Å². The number of nitrogens with two attached hydrogens (primary N) is 1. The van der Waals surface area contributed by atoms with Gasteiger partial charge in [-0.1, -0.05) is 49.2 Å². The van der Waals surface area contributed by atoms with Crippen LogP contribution < -0.4 is 21.7 Å². The van der Waals surface area contributed by atoms with Crippen LogP contribution in [0.15, 0.2) is 70.5 Å². The minimum absolute atomic E-state index is 0.0741. The number of carbonyl (C=O) groups excluding carboxylic acids is 2. The second-order valence-electron chi connectivity index (χ2n) is 11.5. The Morgan fingerprint density at radius 3 is 1.94 bits per heavy atom. The van der Waals surface area contributed by atoms with Crippen molar-refractivity contribution < 1.29 is 41.0 Å². The molecule has 9 N–H and O–H groups in total. The highest BCUT2D eigenvalue weighted by molar-refractivity contribution is 7.89. The molecule has 2 amide bonds. The number of nitrogens with zero attached hydrogens (tertiary/aromatic N) is 1. The fourth-order valence-corrected chi connectivity index (χ4v) is 7.57. The predicted octanol–water partition coefficient (Wildman–Crippen LogP) is 0.210. The van der Waals surface area contributed by atoms with Gasteiger partial charge in [0.25, 0.3) is 10.1 Å². The van der Waals surface area contributed by atoms with E-state index in [1.165, 1.54) is 16.4 Å². The molecule has 2 aromatic rings. The lowest BCUT2D eigenvalue weighted by Gasteiger charge is -2.35. The summed E-state index contributed by atoms with van der Waals surface area (Å²) >= 11 is 0. The Bertz CT molecular complexity index is 1550. The van der Waals surface area contributed by atoms with Gasteiger partial charge in [-0.2, -0.15) is 12.7 Å². The van der Waals surface area contributed by atoms with Gasteiger partial charge in [-0.25, -0.2) is 8.42 Å². The lowest BCUT2D eigenvalue weighted by molar-refractivity contribution is -0.144. The third-order valence-electron chi connectivity index (χ3n) is 8.22. The molecule has 2 fully saturated rings. The molecular weight excluding hydrogens is 651 g/mol. The molecule has 18 heteroatoms. The van der Waals surface area contributed by atoms with Gasteiger partial charge in [0.1, 0.15) is 5.41 Å². The Hall–Kier alpha value is -3.55. The number of piperidine rings is 1. The van der Waals surface area contributed by atoms with Gasteiger partial charge in [-0.05, 0) is 62.8 Å². The van der Waals surface area contributed by atoms with E-state index in [1.807, 2.05) is 0 Å². The standard InChI is InChI=1S/C23H37BN6O6S.C6H6O3S/c25-22(26)27-14-6-9-19(24(33)34)29-21(32)23(12-4-5-13-23)20(31)28-17-10-15-30(16-11-17)37(35,36)18-7-2-1-3-8-18;7-10(8,9)6-4-2-1-3-5-6/h1-3,7-8,17,19,33-34H,4-6,9-16H2,(H,28,31)(H,29,32)(H4,25,26,27);1-5H,(H,7,8,9). The van der Waals surface area contributed by atoms with E-state index in [0.717, 1.165) is 0 Å². The summed E-state index contributed by atoms with van der Waals surface area (Å²) in [5.41, 5.74) is 3.93. The first kappa shape index (κ1) is 37.9. The van der Waals surface area contributed by atoms with Gasteiger partial charge >= 0.3 is 7.12 Å². The van der Waals surface area contributed by atoms with E-state index in [4.69, 9.17) is 15.7 Å². The number of benzene rings is 2. The lowest BCUT2D eigenvalue weighted by atomic mass is 9.75. The number of hydrogen-bond acceptors (Lipinski definition) is 9. The van der Waals surface area contributed by atoms with Crippen molar-refractivity contribution >= 4 is 45.0 Å². The minimum atomic E-state index is -4.00. The van der Waals surface area contributed by atoms with Crippen molar-refractivity contribution in [3.05, 3.63) is 60.7 Å². The van der Waals surface area contributed by atoms with Crippen molar-refractivity contribution in [1.29, 1.82) is 5.41 Å². The van der Waals surface area contributed by atoms with E-state index >= 15 is 0 Å². The topological polar surface area (TPSA) is 252 Å². The fourth-order valence-electron chi connectivity index (χ4n) is 5.58. The zero-order valence-corrected chi connectivity index (χ0v) is 27.5. The summed E-state index contributed by atoms with van der Waals surface area (Å²) in [5.74, 6) is -2.12. The van der Waals surface area contributed by atoms with E-state index in [2.05, 4.69) is 16.0 Å². The van der Waals surface area contributed by atoms with Crippen LogP contribution in [0.4, 0.5) is 0 Å². The molecule has 1 heterocycles. The molecule has 0 spiro atoms. The summed E-state index contributed by atoms with van der Waals surface area (Å²) in [4.78, 5) is 26.8. The molecular formula is C29H43BN6O9S2. The van der Waals surface area contributed by atoms with Crippen LogP contribution in [-0.4, -0.2) is 92.3 Å². The average molecular weight is 695 g/mol. The van der Waals surface area contributed by atoms with Crippen molar-refractivity contribution in [1.82, 2.24) is 20.3 Å². The molecule has 15 nitrogen and oxygen atoms in total. The average Bonchev–Trinajstić information content (AvgIpc) is 3.55. The largest absolute Gasteiger partial charge is 0.475 e. The molecule has 0 aromatic heterocycles. The highest BCUT2D eigenvalue weighted by atomic mass is 32.2. The van der Waals surface area contributed by atoms with Gasteiger partial charge in [0.05, 0.1) is 15.7 Å². The predicted molar refractivity (Wildman–Crippen MR) is 175 cm³/mol. The number of sulfonamides is 1. The van der Waals surface area contributed by atoms with E-state index in [-0.39, 0.29) is 41.3 Å². The lowest BCUT2D eigenvalue weighted by Crippen LogP contribution is -2.57. The molecule has 1 aliphatic carbocycles. The molecule has 0 bridgehead atoms. The Balaban J connectivity index is 0.000000511. The molecule has 1 atom stereocenters. The van der Waals surface area contributed by atoms with Crippen LogP contribution in [-0.2, 0) is 29.7 Å².